The van der Waals surface area contributed by atoms with Crippen molar-refractivity contribution in [2.45, 2.75) is 19.8 Å². The van der Waals surface area contributed by atoms with Gasteiger partial charge in [-0.1, -0.05) is 23.4 Å². The zero-order chi connectivity index (χ0) is 20.2. The number of carbonyl (C=O) groups excluding carboxylic acids is 2. The highest BCUT2D eigenvalue weighted by Gasteiger charge is 2.31. The summed E-state index contributed by atoms with van der Waals surface area (Å²) >= 11 is 0. The molecule has 1 amide bonds. The summed E-state index contributed by atoms with van der Waals surface area (Å²) in [5, 5.41) is 7.35. The second-order valence-electron chi connectivity index (χ2n) is 7.09. The van der Waals surface area contributed by atoms with Crippen LogP contribution in [0.4, 0.5) is 0 Å². The molecule has 0 saturated carbocycles. The van der Waals surface area contributed by atoms with Crippen LogP contribution < -0.4 is 4.74 Å². The molecule has 3 aromatic rings. The molecule has 4 rings (SSSR count). The first-order valence-electron chi connectivity index (χ1n) is 9.57. The second-order valence-corrected chi connectivity index (χ2v) is 7.09. The number of ether oxygens (including phenoxy) is 1. The van der Waals surface area contributed by atoms with Crippen LogP contribution in [-0.4, -0.2) is 40.0 Å². The standard InChI is InChI=1S/C22H21N3O4/c1-15-20(24-29-23-15)22(27)25-13-5-6-17(14-25)21(26)16-9-11-19(12-10-16)28-18-7-3-2-4-8-18/h2-4,7-12,17H,5-6,13-14H2,1H3/t17-/m1/s1. The fourth-order valence-electron chi connectivity index (χ4n) is 3.50. The second kappa shape index (κ2) is 8.26. The molecule has 7 nitrogen and oxygen atoms in total. The van der Waals surface area contributed by atoms with Crippen molar-refractivity contribution in [1.29, 1.82) is 0 Å². The van der Waals surface area contributed by atoms with Gasteiger partial charge in [0.15, 0.2) is 11.5 Å². The van der Waals surface area contributed by atoms with Crippen LogP contribution in [0.25, 0.3) is 0 Å². The van der Waals surface area contributed by atoms with Crippen LogP contribution in [0.1, 0.15) is 39.4 Å². The van der Waals surface area contributed by atoms with Gasteiger partial charge in [0.25, 0.3) is 5.91 Å². The zero-order valence-electron chi connectivity index (χ0n) is 16.1. The van der Waals surface area contributed by atoms with E-state index in [0.717, 1.165) is 18.6 Å². The Morgan fingerprint density at radius 1 is 1.03 bits per heavy atom. The van der Waals surface area contributed by atoms with Gasteiger partial charge in [-0.05, 0) is 61.3 Å². The molecule has 1 fully saturated rings. The molecule has 1 saturated heterocycles. The summed E-state index contributed by atoms with van der Waals surface area (Å²) in [5.41, 5.74) is 1.28. The van der Waals surface area contributed by atoms with E-state index in [1.165, 1.54) is 0 Å². The summed E-state index contributed by atoms with van der Waals surface area (Å²) in [4.78, 5) is 27.3. The number of piperidine rings is 1. The van der Waals surface area contributed by atoms with Crippen LogP contribution in [-0.2, 0) is 0 Å². The number of aryl methyl sites for hydroxylation is 1. The Bertz CT molecular complexity index is 998. The van der Waals surface area contributed by atoms with Crippen LogP contribution in [0.15, 0.2) is 59.2 Å². The third-order valence-electron chi connectivity index (χ3n) is 5.05. The number of hydrogen-bond acceptors (Lipinski definition) is 6. The van der Waals surface area contributed by atoms with Crippen molar-refractivity contribution in [1.82, 2.24) is 15.2 Å². The largest absolute Gasteiger partial charge is 0.457 e. The van der Waals surface area contributed by atoms with Gasteiger partial charge < -0.3 is 9.64 Å². The maximum Gasteiger partial charge on any atom is 0.278 e. The molecule has 1 aromatic heterocycles. The van der Waals surface area contributed by atoms with Crippen LogP contribution in [0.5, 0.6) is 11.5 Å². The van der Waals surface area contributed by atoms with Gasteiger partial charge in [-0.25, -0.2) is 4.63 Å². The number of likely N-dealkylation sites (tertiary alicyclic amines) is 1. The lowest BCUT2D eigenvalue weighted by Crippen LogP contribution is -2.42. The van der Waals surface area contributed by atoms with Crippen molar-refractivity contribution in [3.8, 4) is 11.5 Å². The molecule has 2 heterocycles. The molecule has 0 radical (unpaired) electrons. The predicted molar refractivity (Wildman–Crippen MR) is 105 cm³/mol. The number of carbonyl (C=O) groups is 2. The summed E-state index contributed by atoms with van der Waals surface area (Å²) in [6, 6.07) is 16.6. The van der Waals surface area contributed by atoms with Crippen molar-refractivity contribution in [2.24, 2.45) is 5.92 Å². The lowest BCUT2D eigenvalue weighted by Gasteiger charge is -2.31. The average molecular weight is 391 g/mol. The van der Waals surface area contributed by atoms with E-state index in [9.17, 15) is 9.59 Å². The number of nitrogens with zero attached hydrogens (tertiary/aromatic N) is 3. The molecule has 1 atom stereocenters. The first kappa shape index (κ1) is 18.9. The van der Waals surface area contributed by atoms with E-state index in [1.54, 1.807) is 36.1 Å². The van der Waals surface area contributed by atoms with E-state index < -0.39 is 0 Å². The Hall–Kier alpha value is -3.48. The summed E-state index contributed by atoms with van der Waals surface area (Å²) < 4.78 is 10.4. The number of aromatic nitrogens is 2. The molecule has 29 heavy (non-hydrogen) atoms. The van der Waals surface area contributed by atoms with Gasteiger partial charge in [-0.3, -0.25) is 9.59 Å². The van der Waals surface area contributed by atoms with Gasteiger partial charge in [0.05, 0.1) is 0 Å². The van der Waals surface area contributed by atoms with Crippen LogP contribution in [0, 0.1) is 12.8 Å². The minimum absolute atomic E-state index is 0.0313. The molecular weight excluding hydrogens is 370 g/mol. The Kier molecular flexibility index (Phi) is 5.37. The number of hydrogen-bond donors (Lipinski definition) is 0. The highest BCUT2D eigenvalue weighted by atomic mass is 16.6. The van der Waals surface area contributed by atoms with Gasteiger partial charge in [0.1, 0.15) is 17.2 Å². The van der Waals surface area contributed by atoms with E-state index >= 15 is 0 Å². The monoisotopic (exact) mass is 391 g/mol. The number of rotatable bonds is 5. The van der Waals surface area contributed by atoms with E-state index in [2.05, 4.69) is 14.9 Å². The number of para-hydroxylation sites is 1. The number of amides is 1. The van der Waals surface area contributed by atoms with Crippen LogP contribution in [0.3, 0.4) is 0 Å². The normalized spacial score (nSPS) is 16.4. The molecular formula is C22H21N3O4. The van der Waals surface area contributed by atoms with Crippen molar-refractivity contribution in [3.63, 3.8) is 0 Å². The fraction of sp³-hybridized carbons (Fsp3) is 0.273. The molecule has 0 N–H and O–H groups in total. The summed E-state index contributed by atoms with van der Waals surface area (Å²) in [6.07, 6.45) is 1.52. The highest BCUT2D eigenvalue weighted by molar-refractivity contribution is 5.99. The van der Waals surface area contributed by atoms with Crippen LogP contribution >= 0.6 is 0 Å². The predicted octanol–water partition coefficient (Wildman–Crippen LogP) is 3.91. The van der Waals surface area contributed by atoms with Crippen molar-refractivity contribution in [2.75, 3.05) is 13.1 Å². The van der Waals surface area contributed by atoms with Crippen molar-refractivity contribution < 1.29 is 19.0 Å². The van der Waals surface area contributed by atoms with Crippen molar-refractivity contribution in [3.05, 3.63) is 71.5 Å². The van der Waals surface area contributed by atoms with Gasteiger partial charge in [-0.2, -0.15) is 0 Å². The molecule has 2 aromatic carbocycles. The summed E-state index contributed by atoms with van der Waals surface area (Å²) in [7, 11) is 0. The number of benzene rings is 2. The number of Topliss-reactive ketones (excluding diaryl/α,β-unsaturated/α-hetero) is 1. The van der Waals surface area contributed by atoms with E-state index in [1.807, 2.05) is 30.3 Å². The van der Waals surface area contributed by atoms with E-state index in [4.69, 9.17) is 4.74 Å². The molecule has 1 aliphatic heterocycles. The topological polar surface area (TPSA) is 85.5 Å². The van der Waals surface area contributed by atoms with Gasteiger partial charge in [-0.15, -0.1) is 0 Å². The van der Waals surface area contributed by atoms with E-state index in [0.29, 0.717) is 30.1 Å². The molecule has 1 aliphatic rings. The fourth-order valence-corrected chi connectivity index (χ4v) is 3.50. The molecule has 0 unspecified atom stereocenters. The first-order chi connectivity index (χ1) is 14.1. The molecule has 0 spiro atoms. The Morgan fingerprint density at radius 2 is 1.76 bits per heavy atom. The molecule has 7 heteroatoms. The van der Waals surface area contributed by atoms with Gasteiger partial charge in [0, 0.05) is 24.6 Å². The van der Waals surface area contributed by atoms with Gasteiger partial charge >= 0.3 is 0 Å². The summed E-state index contributed by atoms with van der Waals surface area (Å²) in [6.45, 7) is 2.64. The maximum atomic E-state index is 13.0. The molecule has 148 valence electrons. The number of ketones is 1. The van der Waals surface area contributed by atoms with Gasteiger partial charge in [0.2, 0.25) is 0 Å². The Labute approximate surface area is 168 Å². The Morgan fingerprint density at radius 3 is 2.45 bits per heavy atom. The smallest absolute Gasteiger partial charge is 0.278 e. The zero-order valence-corrected chi connectivity index (χ0v) is 16.1. The quantitative estimate of drug-likeness (QED) is 0.613. The summed E-state index contributed by atoms with van der Waals surface area (Å²) in [5.74, 6) is 0.957. The van der Waals surface area contributed by atoms with E-state index in [-0.39, 0.29) is 23.3 Å². The van der Waals surface area contributed by atoms with Crippen molar-refractivity contribution >= 4 is 11.7 Å². The molecule has 0 bridgehead atoms. The third-order valence-corrected chi connectivity index (χ3v) is 5.05. The maximum absolute atomic E-state index is 13.0. The average Bonchev–Trinajstić information content (AvgIpc) is 3.20. The minimum atomic E-state index is -0.243. The SMILES string of the molecule is Cc1nonc1C(=O)N1CCC[C@@H](C(=O)c2ccc(Oc3ccccc3)cc2)C1. The third kappa shape index (κ3) is 4.18. The van der Waals surface area contributed by atoms with Crippen LogP contribution in [0.2, 0.25) is 0 Å². The Balaban J connectivity index is 1.42. The first-order valence-corrected chi connectivity index (χ1v) is 9.57. The lowest BCUT2D eigenvalue weighted by molar-refractivity contribution is 0.0627. The minimum Gasteiger partial charge on any atom is -0.457 e. The molecule has 0 aliphatic carbocycles. The lowest BCUT2D eigenvalue weighted by atomic mass is 9.90. The highest BCUT2D eigenvalue weighted by Crippen LogP contribution is 2.25.